The van der Waals surface area contributed by atoms with E-state index in [0.29, 0.717) is 0 Å². The van der Waals surface area contributed by atoms with Crippen LogP contribution in [0.2, 0.25) is 0 Å². The molecule has 0 aliphatic rings. The van der Waals surface area contributed by atoms with Gasteiger partial charge in [-0.15, -0.1) is 0 Å². The van der Waals surface area contributed by atoms with Crippen LogP contribution in [-0.4, -0.2) is 24.8 Å². The lowest BCUT2D eigenvalue weighted by Crippen LogP contribution is -2.34. The molecule has 0 spiro atoms. The minimum absolute atomic E-state index is 0.664. The molecule has 0 fully saturated rings. The summed E-state index contributed by atoms with van der Waals surface area (Å²) in [4.78, 5) is 19.7. The van der Waals surface area contributed by atoms with Gasteiger partial charge in [0, 0.05) is 0 Å². The lowest BCUT2D eigenvalue weighted by Gasteiger charge is -1.98. The third kappa shape index (κ3) is 3.76. The molecule has 0 aromatic rings. The van der Waals surface area contributed by atoms with Crippen molar-refractivity contribution in [1.29, 1.82) is 0 Å². The van der Waals surface area contributed by atoms with E-state index < -0.39 is 24.8 Å². The Morgan fingerprint density at radius 3 is 2.30 bits per heavy atom. The summed E-state index contributed by atoms with van der Waals surface area (Å²) >= 11 is 0. The summed E-state index contributed by atoms with van der Waals surface area (Å²) in [6, 6.07) is 0. The standard InChI is InChI=1S/C4H5F2N2O2/c5-3(6)4(10)8-1-2(7)9/h3,7H,1H2,(H,8,10). The predicted octanol–water partition coefficient (Wildman–Crippen LogP) is -0.823. The molecule has 10 heavy (non-hydrogen) atoms. The predicted molar refractivity (Wildman–Crippen MR) is 27.1 cm³/mol. The second-order valence-corrected chi connectivity index (χ2v) is 1.44. The lowest BCUT2D eigenvalue weighted by atomic mass is 10.5. The fraction of sp³-hybridized carbons (Fsp3) is 0.500. The van der Waals surface area contributed by atoms with Gasteiger partial charge < -0.3 is 5.32 Å². The zero-order valence-corrected chi connectivity index (χ0v) is 4.86. The molecule has 1 radical (unpaired) electrons. The Labute approximate surface area is 55.4 Å². The second-order valence-electron chi connectivity index (χ2n) is 1.44. The molecule has 0 atom stereocenters. The molecule has 0 aliphatic carbocycles. The molecule has 2 N–H and O–H groups in total. The summed E-state index contributed by atoms with van der Waals surface area (Å²) in [5.74, 6) is -2.63. The van der Waals surface area contributed by atoms with Crippen LogP contribution >= 0.6 is 0 Å². The topological polar surface area (TPSA) is 70.0 Å². The van der Waals surface area contributed by atoms with Gasteiger partial charge in [-0.25, -0.2) is 0 Å². The molecule has 2 amide bonds. The van der Waals surface area contributed by atoms with Crippen LogP contribution in [0.15, 0.2) is 0 Å². The highest BCUT2D eigenvalue weighted by Gasteiger charge is 2.14. The highest BCUT2D eigenvalue weighted by atomic mass is 19.3. The van der Waals surface area contributed by atoms with Crippen LogP contribution < -0.4 is 11.1 Å². The van der Waals surface area contributed by atoms with Crippen LogP contribution in [0.3, 0.4) is 0 Å². The number of halogens is 2. The number of carbonyl (C=O) groups excluding carboxylic acids is 2. The lowest BCUT2D eigenvalue weighted by molar-refractivity contribution is -0.133. The number of amides is 2. The van der Waals surface area contributed by atoms with Crippen LogP contribution in [0.4, 0.5) is 8.78 Å². The summed E-state index contributed by atoms with van der Waals surface area (Å²) < 4.78 is 22.6. The molecular formula is C4H5F2N2O2. The van der Waals surface area contributed by atoms with E-state index >= 15 is 0 Å². The van der Waals surface area contributed by atoms with E-state index in [9.17, 15) is 18.4 Å². The maximum absolute atomic E-state index is 11.3. The molecule has 6 heteroatoms. The van der Waals surface area contributed by atoms with E-state index in [4.69, 9.17) is 5.73 Å². The Hall–Kier alpha value is -1.20. The number of hydrogen-bond acceptors (Lipinski definition) is 2. The van der Waals surface area contributed by atoms with Gasteiger partial charge in [0.2, 0.25) is 0 Å². The highest BCUT2D eigenvalue weighted by Crippen LogP contribution is 1.89. The SMILES string of the molecule is [NH]C(=O)CNC(=O)C(F)F. The zero-order valence-electron chi connectivity index (χ0n) is 4.86. The minimum atomic E-state index is -3.13. The summed E-state index contributed by atoms with van der Waals surface area (Å²) in [7, 11) is 0. The monoisotopic (exact) mass is 151 g/mol. The van der Waals surface area contributed by atoms with Crippen LogP contribution in [0, 0.1) is 0 Å². The van der Waals surface area contributed by atoms with E-state index in [1.165, 1.54) is 0 Å². The molecule has 0 aliphatic heterocycles. The summed E-state index contributed by atoms with van der Waals surface area (Å²) in [5, 5.41) is 1.56. The molecule has 0 unspecified atom stereocenters. The first-order chi connectivity index (χ1) is 4.54. The van der Waals surface area contributed by atoms with Gasteiger partial charge >= 0.3 is 6.43 Å². The molecular weight excluding hydrogens is 146 g/mol. The van der Waals surface area contributed by atoms with Gasteiger partial charge in [0.25, 0.3) is 11.8 Å². The smallest absolute Gasteiger partial charge is 0.315 e. The summed E-state index contributed by atoms with van der Waals surface area (Å²) in [6.45, 7) is -0.664. The van der Waals surface area contributed by atoms with Crippen molar-refractivity contribution in [3.63, 3.8) is 0 Å². The van der Waals surface area contributed by atoms with Crippen molar-refractivity contribution in [2.24, 2.45) is 0 Å². The van der Waals surface area contributed by atoms with Crippen molar-refractivity contribution in [1.82, 2.24) is 11.1 Å². The average Bonchev–Trinajstić information content (AvgIpc) is 1.82. The van der Waals surface area contributed by atoms with Crippen LogP contribution in [0.1, 0.15) is 0 Å². The van der Waals surface area contributed by atoms with Gasteiger partial charge in [0.1, 0.15) is 0 Å². The maximum Gasteiger partial charge on any atom is 0.315 e. The summed E-state index contributed by atoms with van der Waals surface area (Å²) in [6.07, 6.45) is -3.13. The first kappa shape index (κ1) is 8.80. The molecule has 0 rings (SSSR count). The van der Waals surface area contributed by atoms with Crippen molar-refractivity contribution in [2.75, 3.05) is 6.54 Å². The number of rotatable bonds is 3. The van der Waals surface area contributed by atoms with Crippen LogP contribution in [0.25, 0.3) is 0 Å². The molecule has 57 valence electrons. The van der Waals surface area contributed by atoms with Gasteiger partial charge in [-0.1, -0.05) is 0 Å². The number of hydrogen-bond donors (Lipinski definition) is 1. The second kappa shape index (κ2) is 3.76. The first-order valence-electron chi connectivity index (χ1n) is 2.34. The van der Waals surface area contributed by atoms with E-state index in [2.05, 4.69) is 0 Å². The van der Waals surface area contributed by atoms with Gasteiger partial charge in [0.15, 0.2) is 0 Å². The van der Waals surface area contributed by atoms with Gasteiger partial charge in [-0.2, -0.15) is 8.78 Å². The number of carbonyl (C=O) groups is 2. The zero-order chi connectivity index (χ0) is 8.15. The fourth-order valence-electron chi connectivity index (χ4n) is 0.245. The van der Waals surface area contributed by atoms with Crippen LogP contribution in [0.5, 0.6) is 0 Å². The third-order valence-electron chi connectivity index (χ3n) is 0.621. The van der Waals surface area contributed by atoms with Crippen molar-refractivity contribution in [3.05, 3.63) is 0 Å². The molecule has 0 aromatic carbocycles. The number of nitrogens with one attached hydrogen (secondary N) is 2. The van der Waals surface area contributed by atoms with Crippen molar-refractivity contribution in [2.45, 2.75) is 6.43 Å². The molecule has 0 bridgehead atoms. The Kier molecular flexibility index (Phi) is 3.30. The largest absolute Gasteiger partial charge is 0.342 e. The van der Waals surface area contributed by atoms with E-state index in [-0.39, 0.29) is 0 Å². The van der Waals surface area contributed by atoms with Crippen molar-refractivity contribution >= 4 is 11.8 Å². The minimum Gasteiger partial charge on any atom is -0.342 e. The Bertz CT molecular complexity index is 148. The van der Waals surface area contributed by atoms with Crippen molar-refractivity contribution < 1.29 is 18.4 Å². The van der Waals surface area contributed by atoms with Gasteiger partial charge in [-0.3, -0.25) is 15.3 Å². The molecule has 0 heterocycles. The molecule has 0 saturated carbocycles. The maximum atomic E-state index is 11.3. The van der Waals surface area contributed by atoms with Crippen LogP contribution in [-0.2, 0) is 9.59 Å². The van der Waals surface area contributed by atoms with E-state index in [0.717, 1.165) is 0 Å². The van der Waals surface area contributed by atoms with Gasteiger partial charge in [0.05, 0.1) is 6.54 Å². The molecule has 0 aromatic heterocycles. The van der Waals surface area contributed by atoms with Gasteiger partial charge in [-0.05, 0) is 0 Å². The van der Waals surface area contributed by atoms with E-state index in [1.54, 1.807) is 5.32 Å². The number of alkyl halides is 2. The normalized spacial score (nSPS) is 9.50. The Morgan fingerprint density at radius 2 is 2.00 bits per heavy atom. The molecule has 4 nitrogen and oxygen atoms in total. The van der Waals surface area contributed by atoms with E-state index in [1.807, 2.05) is 0 Å². The third-order valence-corrected chi connectivity index (χ3v) is 0.621. The fourth-order valence-corrected chi connectivity index (χ4v) is 0.245. The highest BCUT2D eigenvalue weighted by molar-refractivity contribution is 5.84. The first-order valence-corrected chi connectivity index (χ1v) is 2.34. The van der Waals surface area contributed by atoms with Crippen molar-refractivity contribution in [3.8, 4) is 0 Å². The Balaban J connectivity index is 3.50. The summed E-state index contributed by atoms with van der Waals surface area (Å²) in [5.41, 5.74) is 6.21. The average molecular weight is 151 g/mol. The Morgan fingerprint density at radius 1 is 1.50 bits per heavy atom. The quantitative estimate of drug-likeness (QED) is 0.572. The molecule has 0 saturated heterocycles.